The summed E-state index contributed by atoms with van der Waals surface area (Å²) in [6.07, 6.45) is 4.12. The lowest BCUT2D eigenvalue weighted by Gasteiger charge is -2.30. The second-order valence-corrected chi connectivity index (χ2v) is 7.60. The molecule has 1 aliphatic rings. The molecule has 4 heteroatoms. The predicted molar refractivity (Wildman–Crippen MR) is 87.5 cm³/mol. The summed E-state index contributed by atoms with van der Waals surface area (Å²) in [5, 5.41) is -0.483. The molecule has 0 spiro atoms. The Morgan fingerprint density at radius 2 is 1.81 bits per heavy atom. The maximum absolute atomic E-state index is 12.8. The maximum atomic E-state index is 12.8. The van der Waals surface area contributed by atoms with Gasteiger partial charge in [-0.15, -0.1) is 0 Å². The fourth-order valence-electron chi connectivity index (χ4n) is 2.92. The van der Waals surface area contributed by atoms with Crippen molar-refractivity contribution >= 4 is 16.7 Å². The molecular formula is C17H25NO2S. The number of carbonyl (C=O) groups excluding carboxylic acids is 1. The highest BCUT2D eigenvalue weighted by Crippen LogP contribution is 2.27. The molecule has 1 heterocycles. The zero-order valence-electron chi connectivity index (χ0n) is 13.0. The van der Waals surface area contributed by atoms with Gasteiger partial charge in [0.1, 0.15) is 5.25 Å². The molecule has 0 saturated carbocycles. The third kappa shape index (κ3) is 3.94. The molecule has 3 unspecified atom stereocenters. The highest BCUT2D eigenvalue weighted by molar-refractivity contribution is 7.86. The van der Waals surface area contributed by atoms with Gasteiger partial charge in [-0.05, 0) is 38.2 Å². The number of amides is 1. The van der Waals surface area contributed by atoms with Crippen LogP contribution in [0.1, 0.15) is 50.3 Å². The van der Waals surface area contributed by atoms with Gasteiger partial charge >= 0.3 is 0 Å². The molecule has 0 N–H and O–H groups in total. The molecule has 0 aromatic heterocycles. The van der Waals surface area contributed by atoms with Gasteiger partial charge in [-0.1, -0.05) is 37.3 Å². The molecule has 1 aliphatic heterocycles. The van der Waals surface area contributed by atoms with Crippen LogP contribution in [0.25, 0.3) is 0 Å². The van der Waals surface area contributed by atoms with Crippen molar-refractivity contribution in [1.29, 1.82) is 0 Å². The lowest BCUT2D eigenvalue weighted by molar-refractivity contribution is -0.131. The van der Waals surface area contributed by atoms with Gasteiger partial charge in [-0.2, -0.15) is 0 Å². The smallest absolute Gasteiger partial charge is 0.238 e. The molecule has 1 aromatic carbocycles. The minimum atomic E-state index is -1.18. The van der Waals surface area contributed by atoms with E-state index in [1.165, 1.54) is 6.42 Å². The summed E-state index contributed by atoms with van der Waals surface area (Å²) in [5.41, 5.74) is 1.07. The highest BCUT2D eigenvalue weighted by Gasteiger charge is 2.30. The van der Waals surface area contributed by atoms with Crippen molar-refractivity contribution in [3.05, 3.63) is 35.9 Å². The normalized spacial score (nSPS) is 19.8. The number of hydrogen-bond acceptors (Lipinski definition) is 2. The van der Waals surface area contributed by atoms with Crippen molar-refractivity contribution in [3.8, 4) is 0 Å². The van der Waals surface area contributed by atoms with Crippen LogP contribution in [-0.4, -0.2) is 33.4 Å². The Morgan fingerprint density at radius 1 is 1.19 bits per heavy atom. The molecule has 2 rings (SSSR count). The molecule has 0 aliphatic carbocycles. The van der Waals surface area contributed by atoms with Crippen LogP contribution >= 0.6 is 0 Å². The van der Waals surface area contributed by atoms with Crippen molar-refractivity contribution in [1.82, 2.24) is 4.90 Å². The largest absolute Gasteiger partial charge is 0.342 e. The van der Waals surface area contributed by atoms with Gasteiger partial charge in [-0.3, -0.25) is 9.00 Å². The first-order valence-corrected chi connectivity index (χ1v) is 9.16. The summed E-state index contributed by atoms with van der Waals surface area (Å²) in [6.45, 7) is 5.50. The second kappa shape index (κ2) is 7.74. The number of nitrogens with zero attached hydrogens (tertiary/aromatic N) is 1. The van der Waals surface area contributed by atoms with Crippen LogP contribution in [0.3, 0.4) is 0 Å². The van der Waals surface area contributed by atoms with Crippen LogP contribution in [0.2, 0.25) is 0 Å². The summed E-state index contributed by atoms with van der Waals surface area (Å²) in [7, 11) is -1.18. The van der Waals surface area contributed by atoms with Gasteiger partial charge in [0.25, 0.3) is 0 Å². The Kier molecular flexibility index (Phi) is 5.97. The minimum absolute atomic E-state index is 0.0578. The van der Waals surface area contributed by atoms with Crippen molar-refractivity contribution < 1.29 is 9.00 Å². The fourth-order valence-corrected chi connectivity index (χ4v) is 4.51. The van der Waals surface area contributed by atoms with E-state index in [0.29, 0.717) is 0 Å². The van der Waals surface area contributed by atoms with Gasteiger partial charge in [0.05, 0.1) is 5.25 Å². The molecular weight excluding hydrogens is 282 g/mol. The Bertz CT molecular complexity index is 483. The first-order valence-electron chi connectivity index (χ1n) is 7.88. The summed E-state index contributed by atoms with van der Waals surface area (Å²) in [4.78, 5) is 14.4. The number of rotatable bonds is 5. The molecule has 1 aromatic rings. The van der Waals surface area contributed by atoms with Gasteiger partial charge in [0.2, 0.25) is 5.91 Å². The fraction of sp³-hybridized carbons (Fsp3) is 0.588. The molecule has 21 heavy (non-hydrogen) atoms. The Morgan fingerprint density at radius 3 is 2.38 bits per heavy atom. The third-order valence-corrected chi connectivity index (χ3v) is 6.25. The third-order valence-electron chi connectivity index (χ3n) is 4.19. The van der Waals surface area contributed by atoms with E-state index in [9.17, 15) is 9.00 Å². The lowest BCUT2D eigenvalue weighted by atomic mass is 10.1. The molecule has 1 amide bonds. The Labute approximate surface area is 130 Å². The molecule has 0 bridgehead atoms. The average molecular weight is 307 g/mol. The number of benzene rings is 1. The quantitative estimate of drug-likeness (QED) is 0.837. The van der Waals surface area contributed by atoms with Crippen molar-refractivity contribution in [2.24, 2.45) is 0 Å². The zero-order chi connectivity index (χ0) is 15.2. The summed E-state index contributed by atoms with van der Waals surface area (Å²) < 4.78 is 12.8. The molecule has 0 radical (unpaired) electrons. The minimum Gasteiger partial charge on any atom is -0.342 e. The van der Waals surface area contributed by atoms with Crippen molar-refractivity contribution in [2.45, 2.75) is 50.0 Å². The lowest BCUT2D eigenvalue weighted by Crippen LogP contribution is -2.43. The number of piperidine rings is 1. The highest BCUT2D eigenvalue weighted by atomic mass is 32.2. The second-order valence-electron chi connectivity index (χ2n) is 5.66. The van der Waals surface area contributed by atoms with E-state index in [1.807, 2.05) is 49.1 Å². The number of carbonyl (C=O) groups is 1. The van der Waals surface area contributed by atoms with Crippen LogP contribution < -0.4 is 0 Å². The summed E-state index contributed by atoms with van der Waals surface area (Å²) in [6, 6.07) is 9.90. The van der Waals surface area contributed by atoms with Crippen LogP contribution in [0.15, 0.2) is 30.3 Å². The standard InChI is InChI=1S/C17H25NO2S/c1-3-16(15-10-6-4-7-11-15)21(20)14(2)17(19)18-12-8-5-9-13-18/h4,6-7,10-11,14,16H,3,5,8-9,12-13H2,1-2H3. The van der Waals surface area contributed by atoms with E-state index >= 15 is 0 Å². The maximum Gasteiger partial charge on any atom is 0.238 e. The van der Waals surface area contributed by atoms with E-state index in [2.05, 4.69) is 0 Å². The summed E-state index contributed by atoms with van der Waals surface area (Å²) in [5.74, 6) is 0.0578. The SMILES string of the molecule is CCC(c1ccccc1)S(=O)C(C)C(=O)N1CCCCC1. The van der Waals surface area contributed by atoms with Crippen molar-refractivity contribution in [3.63, 3.8) is 0 Å². The Balaban J connectivity index is 2.08. The molecule has 3 nitrogen and oxygen atoms in total. The number of likely N-dealkylation sites (tertiary alicyclic amines) is 1. The van der Waals surface area contributed by atoms with Gasteiger partial charge in [0.15, 0.2) is 0 Å². The molecule has 116 valence electrons. The van der Waals surface area contributed by atoms with Crippen LogP contribution in [-0.2, 0) is 15.6 Å². The van der Waals surface area contributed by atoms with Crippen LogP contribution in [0.5, 0.6) is 0 Å². The molecule has 1 saturated heterocycles. The molecule has 3 atom stereocenters. The first-order chi connectivity index (χ1) is 10.1. The number of hydrogen-bond donors (Lipinski definition) is 0. The van der Waals surface area contributed by atoms with E-state index in [1.54, 1.807) is 0 Å². The van der Waals surface area contributed by atoms with Gasteiger partial charge in [-0.25, -0.2) is 0 Å². The van der Waals surface area contributed by atoms with Crippen LogP contribution in [0, 0.1) is 0 Å². The van der Waals surface area contributed by atoms with Crippen LogP contribution in [0.4, 0.5) is 0 Å². The van der Waals surface area contributed by atoms with E-state index in [0.717, 1.165) is 37.9 Å². The van der Waals surface area contributed by atoms with E-state index in [-0.39, 0.29) is 11.2 Å². The predicted octanol–water partition coefficient (Wildman–Crippen LogP) is 3.29. The monoisotopic (exact) mass is 307 g/mol. The van der Waals surface area contributed by atoms with Gasteiger partial charge in [0, 0.05) is 23.9 Å². The summed E-state index contributed by atoms with van der Waals surface area (Å²) >= 11 is 0. The average Bonchev–Trinajstić information content (AvgIpc) is 2.56. The first kappa shape index (κ1) is 16.2. The Hall–Kier alpha value is -1.16. The van der Waals surface area contributed by atoms with Crippen molar-refractivity contribution in [2.75, 3.05) is 13.1 Å². The topological polar surface area (TPSA) is 37.4 Å². The van der Waals surface area contributed by atoms with Gasteiger partial charge < -0.3 is 4.90 Å². The molecule has 1 fully saturated rings. The zero-order valence-corrected chi connectivity index (χ0v) is 13.8. The van der Waals surface area contributed by atoms with E-state index in [4.69, 9.17) is 0 Å². The van der Waals surface area contributed by atoms with E-state index < -0.39 is 16.0 Å².